The molecule has 0 aromatic heterocycles. The highest BCUT2D eigenvalue weighted by Gasteiger charge is 2.32. The Morgan fingerprint density at radius 3 is 2.78 bits per heavy atom. The number of methoxy groups -OCH3 is 1. The molecule has 5 heteroatoms. The summed E-state index contributed by atoms with van der Waals surface area (Å²) in [6.07, 6.45) is 6.96. The summed E-state index contributed by atoms with van der Waals surface area (Å²) in [5.41, 5.74) is 1.35. The number of allylic oxidation sites excluding steroid dienone is 3. The first kappa shape index (κ1) is 17.1. The van der Waals surface area contributed by atoms with Crippen LogP contribution >= 0.6 is 0 Å². The lowest BCUT2D eigenvalue weighted by molar-refractivity contribution is -0.135. The molecule has 1 aliphatic carbocycles. The van der Waals surface area contributed by atoms with Crippen molar-refractivity contribution in [2.24, 2.45) is 5.92 Å². The smallest absolute Gasteiger partial charge is 0.314 e. The number of rotatable bonds is 5. The van der Waals surface area contributed by atoms with Gasteiger partial charge in [-0.1, -0.05) is 30.4 Å². The van der Waals surface area contributed by atoms with E-state index in [4.69, 9.17) is 14.2 Å². The minimum absolute atomic E-state index is 0.0105. The molecule has 5 nitrogen and oxygen atoms in total. The fraction of sp³-hybridized carbons (Fsp3) is 0.182. The van der Waals surface area contributed by atoms with Crippen molar-refractivity contribution in [1.29, 1.82) is 0 Å². The molecule has 1 fully saturated rings. The summed E-state index contributed by atoms with van der Waals surface area (Å²) in [5.74, 6) is 1.35. The summed E-state index contributed by atoms with van der Waals surface area (Å²) in [6.45, 7) is 0. The Morgan fingerprint density at radius 1 is 1.19 bits per heavy atom. The van der Waals surface area contributed by atoms with Gasteiger partial charge in [-0.05, 0) is 37.1 Å². The average molecular weight is 362 g/mol. The van der Waals surface area contributed by atoms with Crippen molar-refractivity contribution in [2.45, 2.75) is 12.8 Å². The molecule has 2 aromatic carbocycles. The lowest BCUT2D eigenvalue weighted by Crippen LogP contribution is -2.09. The number of fused-ring (bicyclic) bond motifs is 1. The van der Waals surface area contributed by atoms with Gasteiger partial charge in [0.15, 0.2) is 5.76 Å². The highest BCUT2D eigenvalue weighted by Crippen LogP contribution is 2.36. The number of esters is 1. The van der Waals surface area contributed by atoms with Crippen LogP contribution in [0.25, 0.3) is 6.08 Å². The Hall–Kier alpha value is -3.34. The van der Waals surface area contributed by atoms with Crippen LogP contribution in [0.3, 0.4) is 0 Å². The summed E-state index contributed by atoms with van der Waals surface area (Å²) in [4.78, 5) is 24.2. The van der Waals surface area contributed by atoms with Crippen LogP contribution in [0.15, 0.2) is 60.4 Å². The standard InChI is InChI=1S/C22H18O5/c1-25-18-7-3-2-5-14(18)6-4-8-19-21(23)17-12-11-16(13-20(17)27-19)26-22(24)15-9-10-15/h2-8,11-13,15H,9-10H2,1H3/b6-4+,19-8+. The first-order chi connectivity index (χ1) is 13.2. The molecule has 0 atom stereocenters. The van der Waals surface area contributed by atoms with E-state index < -0.39 is 0 Å². The summed E-state index contributed by atoms with van der Waals surface area (Å²) < 4.78 is 16.3. The Labute approximate surface area is 156 Å². The van der Waals surface area contributed by atoms with Crippen molar-refractivity contribution >= 4 is 17.8 Å². The van der Waals surface area contributed by atoms with E-state index in [1.807, 2.05) is 30.3 Å². The molecule has 4 rings (SSSR count). The lowest BCUT2D eigenvalue weighted by atomic mass is 10.1. The van der Waals surface area contributed by atoms with E-state index in [0.29, 0.717) is 17.1 Å². The Balaban J connectivity index is 1.49. The van der Waals surface area contributed by atoms with Crippen LogP contribution in [0.4, 0.5) is 0 Å². The van der Waals surface area contributed by atoms with Gasteiger partial charge in [-0.3, -0.25) is 9.59 Å². The van der Waals surface area contributed by atoms with Crippen molar-refractivity contribution in [2.75, 3.05) is 7.11 Å². The van der Waals surface area contributed by atoms with Gasteiger partial charge in [-0.2, -0.15) is 0 Å². The van der Waals surface area contributed by atoms with Gasteiger partial charge >= 0.3 is 5.97 Å². The SMILES string of the molecule is COc1ccccc1/C=C/C=C1/Oc2cc(OC(=O)C3CC3)ccc2C1=O. The van der Waals surface area contributed by atoms with E-state index in [9.17, 15) is 9.59 Å². The van der Waals surface area contributed by atoms with Crippen molar-refractivity contribution in [3.63, 3.8) is 0 Å². The number of benzene rings is 2. The molecule has 0 saturated heterocycles. The first-order valence-corrected chi connectivity index (χ1v) is 8.75. The van der Waals surface area contributed by atoms with Crippen molar-refractivity contribution in [3.8, 4) is 17.2 Å². The molecule has 0 spiro atoms. The zero-order chi connectivity index (χ0) is 18.8. The van der Waals surface area contributed by atoms with Gasteiger partial charge in [0.25, 0.3) is 0 Å². The van der Waals surface area contributed by atoms with Crippen LogP contribution in [0, 0.1) is 5.92 Å². The molecule has 27 heavy (non-hydrogen) atoms. The molecule has 0 amide bonds. The molecular weight excluding hydrogens is 344 g/mol. The second kappa shape index (κ2) is 7.11. The molecule has 136 valence electrons. The quantitative estimate of drug-likeness (QED) is 0.454. The number of ketones is 1. The monoisotopic (exact) mass is 362 g/mol. The van der Waals surface area contributed by atoms with E-state index in [1.54, 1.807) is 37.5 Å². The largest absolute Gasteiger partial charge is 0.496 e. The third kappa shape index (κ3) is 3.62. The van der Waals surface area contributed by atoms with Gasteiger partial charge in [-0.15, -0.1) is 0 Å². The summed E-state index contributed by atoms with van der Waals surface area (Å²) >= 11 is 0. The summed E-state index contributed by atoms with van der Waals surface area (Å²) in [7, 11) is 1.61. The zero-order valence-corrected chi connectivity index (χ0v) is 14.8. The van der Waals surface area contributed by atoms with Crippen LogP contribution in [-0.2, 0) is 4.79 Å². The van der Waals surface area contributed by atoms with Gasteiger partial charge in [0.05, 0.1) is 18.6 Å². The number of ether oxygens (including phenoxy) is 3. The van der Waals surface area contributed by atoms with Crippen LogP contribution in [-0.4, -0.2) is 18.9 Å². The molecule has 1 saturated carbocycles. The highest BCUT2D eigenvalue weighted by molar-refractivity contribution is 6.12. The molecule has 1 heterocycles. The Kier molecular flexibility index (Phi) is 4.50. The predicted molar refractivity (Wildman–Crippen MR) is 99.9 cm³/mol. The maximum atomic E-state index is 12.5. The van der Waals surface area contributed by atoms with Gasteiger partial charge < -0.3 is 14.2 Å². The lowest BCUT2D eigenvalue weighted by Gasteiger charge is -2.04. The fourth-order valence-corrected chi connectivity index (χ4v) is 2.81. The van der Waals surface area contributed by atoms with Gasteiger partial charge in [0, 0.05) is 11.6 Å². The topological polar surface area (TPSA) is 61.8 Å². The number of carbonyl (C=O) groups is 2. The van der Waals surface area contributed by atoms with Crippen LogP contribution in [0.2, 0.25) is 0 Å². The van der Waals surface area contributed by atoms with Crippen molar-refractivity contribution in [3.05, 3.63) is 71.5 Å². The number of carbonyl (C=O) groups excluding carboxylic acids is 2. The average Bonchev–Trinajstić information content (AvgIpc) is 3.48. The number of Topliss-reactive ketones (excluding diaryl/α,β-unsaturated/α-hetero) is 1. The molecule has 0 unspecified atom stereocenters. The van der Waals surface area contributed by atoms with Crippen LogP contribution in [0.1, 0.15) is 28.8 Å². The molecular formula is C22H18O5. The van der Waals surface area contributed by atoms with Gasteiger partial charge in [0.2, 0.25) is 5.78 Å². The first-order valence-electron chi connectivity index (χ1n) is 8.75. The third-order valence-corrected chi connectivity index (χ3v) is 4.43. The zero-order valence-electron chi connectivity index (χ0n) is 14.8. The fourth-order valence-electron chi connectivity index (χ4n) is 2.81. The van der Waals surface area contributed by atoms with Crippen molar-refractivity contribution < 1.29 is 23.8 Å². The Bertz CT molecular complexity index is 966. The van der Waals surface area contributed by atoms with Crippen LogP contribution < -0.4 is 14.2 Å². The number of hydrogen-bond acceptors (Lipinski definition) is 5. The van der Waals surface area contributed by atoms with Crippen LogP contribution in [0.5, 0.6) is 17.2 Å². The summed E-state index contributed by atoms with van der Waals surface area (Å²) in [6, 6.07) is 12.4. The Morgan fingerprint density at radius 2 is 2.00 bits per heavy atom. The summed E-state index contributed by atoms with van der Waals surface area (Å²) in [5, 5.41) is 0. The maximum absolute atomic E-state index is 12.5. The normalized spacial score (nSPS) is 17.1. The van der Waals surface area contributed by atoms with E-state index in [0.717, 1.165) is 24.2 Å². The minimum atomic E-state index is -0.227. The molecule has 0 radical (unpaired) electrons. The van der Waals surface area contributed by atoms with Crippen molar-refractivity contribution in [1.82, 2.24) is 0 Å². The molecule has 0 N–H and O–H groups in total. The molecule has 0 bridgehead atoms. The maximum Gasteiger partial charge on any atom is 0.314 e. The molecule has 2 aliphatic rings. The van der Waals surface area contributed by atoms with E-state index in [2.05, 4.69) is 0 Å². The second-order valence-electron chi connectivity index (χ2n) is 6.42. The van der Waals surface area contributed by atoms with Gasteiger partial charge in [-0.25, -0.2) is 0 Å². The van der Waals surface area contributed by atoms with E-state index in [1.165, 1.54) is 0 Å². The minimum Gasteiger partial charge on any atom is -0.496 e. The molecule has 1 aliphatic heterocycles. The van der Waals surface area contributed by atoms with E-state index in [-0.39, 0.29) is 23.4 Å². The number of hydrogen-bond donors (Lipinski definition) is 0. The molecule has 2 aromatic rings. The highest BCUT2D eigenvalue weighted by atomic mass is 16.5. The third-order valence-electron chi connectivity index (χ3n) is 4.43. The van der Waals surface area contributed by atoms with E-state index >= 15 is 0 Å². The predicted octanol–water partition coefficient (Wildman–Crippen LogP) is 4.18. The van der Waals surface area contributed by atoms with Gasteiger partial charge in [0.1, 0.15) is 17.2 Å². The number of para-hydroxylation sites is 1. The second-order valence-corrected chi connectivity index (χ2v) is 6.42.